The maximum absolute atomic E-state index is 11.7. The van der Waals surface area contributed by atoms with Gasteiger partial charge in [0.1, 0.15) is 5.82 Å². The van der Waals surface area contributed by atoms with Crippen LogP contribution in [0.15, 0.2) is 42.5 Å². The van der Waals surface area contributed by atoms with Crippen LogP contribution >= 0.6 is 0 Å². The van der Waals surface area contributed by atoms with Crippen LogP contribution in [0, 0.1) is 0 Å². The third-order valence-electron chi connectivity index (χ3n) is 3.98. The molecule has 0 bridgehead atoms. The molecule has 0 aliphatic rings. The average molecular weight is 338 g/mol. The summed E-state index contributed by atoms with van der Waals surface area (Å²) in [6, 6.07) is 12.6. The van der Waals surface area contributed by atoms with Crippen molar-refractivity contribution < 1.29 is 14.7 Å². The first-order valence-electron chi connectivity index (χ1n) is 7.71. The van der Waals surface area contributed by atoms with Crippen LogP contribution in [-0.4, -0.2) is 28.6 Å². The van der Waals surface area contributed by atoms with Gasteiger partial charge in [0, 0.05) is 17.5 Å². The van der Waals surface area contributed by atoms with Crippen molar-refractivity contribution in [2.45, 2.75) is 6.42 Å². The second-order valence-corrected chi connectivity index (χ2v) is 5.66. The van der Waals surface area contributed by atoms with E-state index in [4.69, 9.17) is 16.6 Å². The highest BCUT2D eigenvalue weighted by Crippen LogP contribution is 2.30. The normalized spacial score (nSPS) is 10.8. The van der Waals surface area contributed by atoms with Crippen molar-refractivity contribution in [2.24, 2.45) is 11.5 Å². The predicted molar refractivity (Wildman–Crippen MR) is 96.2 cm³/mol. The summed E-state index contributed by atoms with van der Waals surface area (Å²) >= 11 is 0. The number of primary amides is 2. The number of urea groups is 1. The number of aliphatic hydroxyl groups is 1. The first kappa shape index (κ1) is 16.5. The number of hydrogen-bond donors (Lipinski definition) is 5. The van der Waals surface area contributed by atoms with Gasteiger partial charge in [0.2, 0.25) is 0 Å². The molecular weight excluding hydrogens is 320 g/mol. The van der Waals surface area contributed by atoms with Crippen LogP contribution in [0.25, 0.3) is 22.0 Å². The fraction of sp³-hybridized carbons (Fsp3) is 0.111. The molecule has 0 aliphatic heterocycles. The van der Waals surface area contributed by atoms with Gasteiger partial charge >= 0.3 is 6.03 Å². The molecule has 7 N–H and O–H groups in total. The zero-order chi connectivity index (χ0) is 18.0. The minimum Gasteiger partial charge on any atom is -0.396 e. The lowest BCUT2D eigenvalue weighted by molar-refractivity contribution is 0.100. The molecule has 0 saturated carbocycles. The Morgan fingerprint density at radius 1 is 1.04 bits per heavy atom. The number of fused-ring (bicyclic) bond motifs is 1. The largest absolute Gasteiger partial charge is 0.396 e. The number of aliphatic hydroxyl groups excluding tert-OH is 1. The molecule has 25 heavy (non-hydrogen) atoms. The molecular formula is C18H18N4O3. The zero-order valence-electron chi connectivity index (χ0n) is 13.4. The smallest absolute Gasteiger partial charge is 0.317 e. The lowest BCUT2D eigenvalue weighted by Crippen LogP contribution is -2.22. The van der Waals surface area contributed by atoms with Crippen LogP contribution < -0.4 is 16.8 Å². The van der Waals surface area contributed by atoms with Crippen LogP contribution in [0.4, 0.5) is 10.6 Å². The molecule has 128 valence electrons. The van der Waals surface area contributed by atoms with Crippen molar-refractivity contribution in [3.05, 3.63) is 53.6 Å². The number of benzene rings is 2. The van der Waals surface area contributed by atoms with E-state index in [1.165, 1.54) is 0 Å². The fourth-order valence-electron chi connectivity index (χ4n) is 2.84. The molecule has 0 aliphatic carbocycles. The quantitative estimate of drug-likeness (QED) is 0.486. The van der Waals surface area contributed by atoms with Gasteiger partial charge < -0.3 is 21.6 Å². The second-order valence-electron chi connectivity index (χ2n) is 5.66. The minimum absolute atomic E-state index is 0.110. The Labute approximate surface area is 143 Å². The van der Waals surface area contributed by atoms with Gasteiger partial charge in [0.25, 0.3) is 5.91 Å². The van der Waals surface area contributed by atoms with Crippen LogP contribution in [0.2, 0.25) is 0 Å². The predicted octanol–water partition coefficient (Wildman–Crippen LogP) is 1.96. The summed E-state index contributed by atoms with van der Waals surface area (Å²) in [4.78, 5) is 25.8. The molecule has 2 aromatic carbocycles. The van der Waals surface area contributed by atoms with E-state index in [2.05, 4.69) is 10.3 Å². The van der Waals surface area contributed by atoms with Crippen LogP contribution in [0.5, 0.6) is 0 Å². The average Bonchev–Trinajstić information content (AvgIpc) is 2.92. The zero-order valence-corrected chi connectivity index (χ0v) is 13.4. The molecule has 0 saturated heterocycles. The lowest BCUT2D eigenvalue weighted by atomic mass is 10.0. The maximum atomic E-state index is 11.7. The van der Waals surface area contributed by atoms with E-state index in [9.17, 15) is 9.59 Å². The number of rotatable bonds is 5. The number of amides is 3. The Morgan fingerprint density at radius 2 is 1.72 bits per heavy atom. The summed E-state index contributed by atoms with van der Waals surface area (Å²) in [6.45, 7) is 0.110. The molecule has 7 nitrogen and oxygen atoms in total. The van der Waals surface area contributed by atoms with Crippen molar-refractivity contribution in [1.82, 2.24) is 4.98 Å². The summed E-state index contributed by atoms with van der Waals surface area (Å²) in [6.07, 6.45) is 0.611. The maximum Gasteiger partial charge on any atom is 0.317 e. The van der Waals surface area contributed by atoms with Crippen LogP contribution in [0.3, 0.4) is 0 Å². The Balaban J connectivity index is 2.05. The number of H-pyrrole nitrogens is 1. The number of anilines is 1. The van der Waals surface area contributed by atoms with Crippen molar-refractivity contribution in [3.8, 4) is 11.1 Å². The summed E-state index contributed by atoms with van der Waals surface area (Å²) in [5.74, 6) is -0.471. The van der Waals surface area contributed by atoms with Crippen molar-refractivity contribution in [2.75, 3.05) is 11.9 Å². The number of carbonyl (C=O) groups excluding carboxylic acids is 2. The monoisotopic (exact) mass is 338 g/mol. The van der Waals surface area contributed by atoms with Crippen molar-refractivity contribution in [1.29, 1.82) is 0 Å². The Morgan fingerprint density at radius 3 is 2.32 bits per heavy atom. The molecule has 0 unspecified atom stereocenters. The molecule has 1 aromatic heterocycles. The van der Waals surface area contributed by atoms with E-state index in [-0.39, 0.29) is 18.0 Å². The van der Waals surface area contributed by atoms with E-state index in [1.807, 2.05) is 36.4 Å². The molecule has 3 rings (SSSR count). The van der Waals surface area contributed by atoms with E-state index < -0.39 is 11.9 Å². The number of carbonyl (C=O) groups is 2. The first-order valence-corrected chi connectivity index (χ1v) is 7.71. The van der Waals surface area contributed by atoms with E-state index >= 15 is 0 Å². The molecule has 3 amide bonds. The van der Waals surface area contributed by atoms with E-state index in [1.54, 1.807) is 6.07 Å². The molecule has 0 fully saturated rings. The summed E-state index contributed by atoms with van der Waals surface area (Å²) < 4.78 is 0. The van der Waals surface area contributed by atoms with E-state index in [0.29, 0.717) is 17.3 Å². The topological polar surface area (TPSA) is 134 Å². The Hall–Kier alpha value is -3.32. The molecule has 1 heterocycles. The van der Waals surface area contributed by atoms with E-state index in [0.717, 1.165) is 16.7 Å². The number of hydrogen-bond acceptors (Lipinski definition) is 3. The van der Waals surface area contributed by atoms with Crippen molar-refractivity contribution >= 4 is 28.7 Å². The number of aromatic amines is 1. The standard InChI is InChI=1S/C18H18N4O3/c19-16(24)15-13-6-5-12(9-14(13)21-17(15)22-18(20)25)11-3-1-10(2-4-11)7-8-23/h1-6,9,21,23H,7-8H2,(H2,19,24)(H3,20,22,25). The van der Waals surface area contributed by atoms with Gasteiger partial charge in [-0.1, -0.05) is 36.4 Å². The third kappa shape index (κ3) is 3.31. The Kier molecular flexibility index (Phi) is 4.40. The summed E-state index contributed by atoms with van der Waals surface area (Å²) in [5.41, 5.74) is 14.4. The summed E-state index contributed by atoms with van der Waals surface area (Å²) in [5, 5.41) is 12.0. The van der Waals surface area contributed by atoms with Gasteiger partial charge in [0.05, 0.1) is 5.56 Å². The lowest BCUT2D eigenvalue weighted by Gasteiger charge is -2.04. The fourth-order valence-corrected chi connectivity index (χ4v) is 2.84. The molecule has 0 radical (unpaired) electrons. The molecule has 3 aromatic rings. The Bertz CT molecular complexity index is 945. The molecule has 7 heteroatoms. The summed E-state index contributed by atoms with van der Waals surface area (Å²) in [7, 11) is 0. The highest BCUT2D eigenvalue weighted by Gasteiger charge is 2.17. The van der Waals surface area contributed by atoms with Gasteiger partial charge in [-0.25, -0.2) is 4.79 Å². The SMILES string of the molecule is NC(=O)Nc1[nH]c2cc(-c3ccc(CCO)cc3)ccc2c1C(N)=O. The molecule has 0 atom stereocenters. The van der Waals surface area contributed by atoms with Crippen LogP contribution in [-0.2, 0) is 6.42 Å². The second kappa shape index (κ2) is 6.66. The highest BCUT2D eigenvalue weighted by molar-refractivity contribution is 6.13. The first-order chi connectivity index (χ1) is 12.0. The van der Waals surface area contributed by atoms with Crippen LogP contribution in [0.1, 0.15) is 15.9 Å². The van der Waals surface area contributed by atoms with Gasteiger partial charge in [-0.05, 0) is 29.2 Å². The minimum atomic E-state index is -0.784. The van der Waals surface area contributed by atoms with Gasteiger partial charge in [-0.3, -0.25) is 10.1 Å². The number of nitrogens with one attached hydrogen (secondary N) is 2. The van der Waals surface area contributed by atoms with Crippen molar-refractivity contribution in [3.63, 3.8) is 0 Å². The number of aromatic nitrogens is 1. The molecule has 0 spiro atoms. The van der Waals surface area contributed by atoms with Gasteiger partial charge in [-0.15, -0.1) is 0 Å². The van der Waals surface area contributed by atoms with Gasteiger partial charge in [-0.2, -0.15) is 0 Å². The van der Waals surface area contributed by atoms with Gasteiger partial charge in [0.15, 0.2) is 0 Å². The third-order valence-corrected chi connectivity index (χ3v) is 3.98. The highest BCUT2D eigenvalue weighted by atomic mass is 16.3. The number of nitrogens with two attached hydrogens (primary N) is 2.